The van der Waals surface area contributed by atoms with Crippen molar-refractivity contribution in [2.24, 2.45) is 0 Å². The maximum Gasteiger partial charge on any atom is -0.000762 e. The Hall–Kier alpha value is -7.28. The summed E-state index contributed by atoms with van der Waals surface area (Å²) in [6, 6.07) is 60.3. The van der Waals surface area contributed by atoms with Gasteiger partial charge in [0.15, 0.2) is 0 Å². The fourth-order valence-corrected chi connectivity index (χ4v) is 14.0. The minimum Gasteiger partial charge on any atom is -0.0763 e. The highest BCUT2D eigenvalue weighted by Crippen LogP contribution is 2.54. The molecule has 3 aliphatic carbocycles. The van der Waals surface area contributed by atoms with Gasteiger partial charge in [-0.1, -0.05) is 223 Å². The third-order valence-corrected chi connectivity index (χ3v) is 18.1. The second-order valence-electron chi connectivity index (χ2n) is 27.1. The predicted octanol–water partition coefficient (Wildman–Crippen LogP) is 19.6. The fraction of sp³-hybridized carbons (Fsp3) is 0.263. The third kappa shape index (κ3) is 7.01. The van der Waals surface area contributed by atoms with Crippen molar-refractivity contribution in [2.75, 3.05) is 0 Å². The summed E-state index contributed by atoms with van der Waals surface area (Å²) < 4.78 is 0. The van der Waals surface area contributed by atoms with Crippen LogP contribution in [-0.2, 0) is 34.5 Å². The van der Waals surface area contributed by atoms with Crippen molar-refractivity contribution in [3.63, 3.8) is 0 Å². The summed E-state index contributed by atoms with van der Waals surface area (Å²) in [5.74, 6) is 0. The van der Waals surface area contributed by atoms with Crippen LogP contribution >= 0.6 is 0 Å². The van der Waals surface area contributed by atoms with E-state index in [2.05, 4.69) is 241 Å². The van der Waals surface area contributed by atoms with Gasteiger partial charge < -0.3 is 0 Å². The molecule has 0 heterocycles. The van der Waals surface area contributed by atoms with Gasteiger partial charge >= 0.3 is 0 Å². The van der Waals surface area contributed by atoms with E-state index >= 15 is 0 Å². The van der Waals surface area contributed by atoms with E-state index in [0.717, 1.165) is 25.7 Å². The Labute approximate surface area is 449 Å². The van der Waals surface area contributed by atoms with Crippen LogP contribution < -0.4 is 10.4 Å². The van der Waals surface area contributed by atoms with Gasteiger partial charge in [-0.15, -0.1) is 0 Å². The number of rotatable bonds is 3. The quantitative estimate of drug-likeness (QED) is 0.122. The molecule has 0 spiro atoms. The van der Waals surface area contributed by atoms with Crippen LogP contribution in [0.1, 0.15) is 135 Å². The molecule has 0 aromatic heterocycles. The maximum absolute atomic E-state index is 2.70. The molecular weight excluding hydrogens is 913 g/mol. The zero-order valence-corrected chi connectivity index (χ0v) is 46.8. The van der Waals surface area contributed by atoms with Gasteiger partial charge in [-0.25, -0.2) is 0 Å². The average molecular weight is 983 g/mol. The number of benzene rings is 11. The highest BCUT2D eigenvalue weighted by atomic mass is 14.4. The average Bonchev–Trinajstić information content (AvgIpc) is 3.94. The summed E-state index contributed by atoms with van der Waals surface area (Å²) in [4.78, 5) is 0. The van der Waals surface area contributed by atoms with Crippen LogP contribution in [0, 0.1) is 0 Å². The van der Waals surface area contributed by atoms with Gasteiger partial charge in [-0.2, -0.15) is 0 Å². The Kier molecular flexibility index (Phi) is 10.0. The number of aryl methyl sites for hydroxylation is 2. The van der Waals surface area contributed by atoms with Gasteiger partial charge in [0.25, 0.3) is 0 Å². The Morgan fingerprint density at radius 3 is 1.41 bits per heavy atom. The first-order chi connectivity index (χ1) is 36.2. The molecule has 0 atom stereocenters. The monoisotopic (exact) mass is 983 g/mol. The van der Waals surface area contributed by atoms with Crippen LogP contribution in [0.15, 0.2) is 152 Å². The molecule has 0 aliphatic heterocycles. The molecule has 0 bridgehead atoms. The van der Waals surface area contributed by atoms with Crippen molar-refractivity contribution >= 4 is 76.3 Å². The lowest BCUT2D eigenvalue weighted by Gasteiger charge is -2.29. The predicted molar refractivity (Wildman–Crippen MR) is 331 cm³/mol. The van der Waals surface area contributed by atoms with Crippen molar-refractivity contribution in [3.05, 3.63) is 201 Å². The van der Waals surface area contributed by atoms with Crippen molar-refractivity contribution < 1.29 is 0 Å². The molecule has 0 saturated heterocycles. The Morgan fingerprint density at radius 1 is 0.303 bits per heavy atom. The van der Waals surface area contributed by atoms with E-state index in [0.29, 0.717) is 0 Å². The first-order valence-corrected chi connectivity index (χ1v) is 28.3. The summed E-state index contributed by atoms with van der Waals surface area (Å²) in [7, 11) is 0. The molecular formula is C76H70. The van der Waals surface area contributed by atoms with Crippen LogP contribution in [0.2, 0.25) is 0 Å². The first-order valence-electron chi connectivity index (χ1n) is 28.3. The Bertz CT molecular complexity index is 4440. The molecule has 0 saturated carbocycles. The van der Waals surface area contributed by atoms with E-state index < -0.39 is 0 Å². The SMILES string of the molecule is CC(C)(C)c1cc(-c2c3cc4c(cc3c(-c3cc(C(C)(C)C)cc(C(C)(C)C)c3)c3c5ccc(-c6ccccc6)cc5c5ccccc5c23)C2=c3c-4ccc4c3c(c3c5c(cccc54)=CCC3)CC2)cc(C(C)(C)C)c1. The van der Waals surface area contributed by atoms with Gasteiger partial charge in [0.2, 0.25) is 0 Å². The van der Waals surface area contributed by atoms with Crippen LogP contribution in [0.5, 0.6) is 0 Å². The standard InChI is InChI=1S/C76H70/c1-73(2,3)48-34-46(35-49(39-48)74(4,5)6)67-64-41-62-58-32-30-56-54-26-18-22-44-23-19-27-55(66(44)54)57-31-33-59(70(58)69(56)57)63(62)42-65(64)68(47-36-50(75(7,8)9)40-51(37-47)76(10,11)12)72-60-29-28-45(43-20-14-13-15-21-43)38-61(60)52-24-16-17-25-53(52)71(67)72/h13-18,20-26,28-30,32,34-42H,19,27,31,33H2,1-12H3. The minimum absolute atomic E-state index is 0.0682. The summed E-state index contributed by atoms with van der Waals surface area (Å²) in [5.41, 5.74) is 21.9. The number of fused-ring (bicyclic) bond motifs is 12. The molecule has 0 radical (unpaired) electrons. The Balaban J connectivity index is 1.24. The molecule has 0 N–H and O–H groups in total. The summed E-state index contributed by atoms with van der Waals surface area (Å²) in [6.45, 7) is 28.7. The molecule has 76 heavy (non-hydrogen) atoms. The van der Waals surface area contributed by atoms with Gasteiger partial charge in [-0.3, -0.25) is 0 Å². The van der Waals surface area contributed by atoms with Crippen LogP contribution in [0.4, 0.5) is 0 Å². The third-order valence-electron chi connectivity index (χ3n) is 18.1. The normalized spacial score (nSPS) is 14.4. The van der Waals surface area contributed by atoms with E-state index in [4.69, 9.17) is 0 Å². The lowest BCUT2D eigenvalue weighted by molar-refractivity contribution is 0.568. The van der Waals surface area contributed by atoms with Crippen molar-refractivity contribution in [2.45, 2.75) is 130 Å². The molecule has 0 fully saturated rings. The summed E-state index contributed by atoms with van der Waals surface area (Å²) in [5, 5.41) is 19.3. The van der Waals surface area contributed by atoms with Gasteiger partial charge in [0.05, 0.1) is 0 Å². The highest BCUT2D eigenvalue weighted by molar-refractivity contribution is 6.37. The molecule has 0 amide bonds. The second-order valence-corrected chi connectivity index (χ2v) is 27.1. The zero-order chi connectivity index (χ0) is 52.5. The molecule has 14 rings (SSSR count). The van der Waals surface area contributed by atoms with Gasteiger partial charge in [-0.05, 0) is 230 Å². The molecule has 374 valence electrons. The number of hydrogen-bond donors (Lipinski definition) is 0. The second kappa shape index (κ2) is 16.1. The molecule has 0 nitrogen and oxygen atoms in total. The lowest BCUT2D eigenvalue weighted by Crippen LogP contribution is -2.19. The van der Waals surface area contributed by atoms with Crippen molar-refractivity contribution in [1.82, 2.24) is 0 Å². The minimum atomic E-state index is -0.0699. The number of hydrogen-bond acceptors (Lipinski definition) is 0. The molecule has 0 heteroatoms. The van der Waals surface area contributed by atoms with Crippen LogP contribution in [0.3, 0.4) is 0 Å². The molecule has 11 aromatic rings. The lowest BCUT2D eigenvalue weighted by atomic mass is 9.75. The zero-order valence-electron chi connectivity index (χ0n) is 46.8. The largest absolute Gasteiger partial charge is 0.0763 e. The fourth-order valence-electron chi connectivity index (χ4n) is 14.0. The maximum atomic E-state index is 2.70. The molecule has 0 unspecified atom stereocenters. The van der Waals surface area contributed by atoms with Crippen molar-refractivity contribution in [1.29, 1.82) is 0 Å². The topological polar surface area (TPSA) is 0 Å². The van der Waals surface area contributed by atoms with Crippen LogP contribution in [0.25, 0.3) is 121 Å². The highest BCUT2D eigenvalue weighted by Gasteiger charge is 2.33. The molecule has 3 aliphatic rings. The van der Waals surface area contributed by atoms with Gasteiger partial charge in [0, 0.05) is 0 Å². The Morgan fingerprint density at radius 2 is 0.803 bits per heavy atom. The smallest absolute Gasteiger partial charge is 0.000762 e. The van der Waals surface area contributed by atoms with Crippen LogP contribution in [-0.4, -0.2) is 0 Å². The molecule has 11 aromatic carbocycles. The van der Waals surface area contributed by atoms with E-state index in [1.165, 1.54) is 153 Å². The first kappa shape index (κ1) is 47.2. The summed E-state index contributed by atoms with van der Waals surface area (Å²) in [6.07, 6.45) is 6.83. The van der Waals surface area contributed by atoms with E-state index in [9.17, 15) is 0 Å². The van der Waals surface area contributed by atoms with Gasteiger partial charge in [0.1, 0.15) is 0 Å². The van der Waals surface area contributed by atoms with E-state index in [1.54, 1.807) is 11.1 Å². The summed E-state index contributed by atoms with van der Waals surface area (Å²) >= 11 is 0. The van der Waals surface area contributed by atoms with Crippen molar-refractivity contribution in [3.8, 4) is 44.5 Å². The van der Waals surface area contributed by atoms with E-state index in [1.807, 2.05) is 0 Å². The van der Waals surface area contributed by atoms with E-state index in [-0.39, 0.29) is 21.7 Å².